The molecule has 2 N–H and O–H groups in total. The number of nitrogens with two attached hydrogens (primary N) is 1. The molecule has 0 spiro atoms. The Morgan fingerprint density at radius 1 is 1.16 bits per heavy atom. The summed E-state index contributed by atoms with van der Waals surface area (Å²) in [6, 6.07) is 11.6. The first-order valence-corrected chi connectivity index (χ1v) is 7.02. The second-order valence-electron chi connectivity index (χ2n) is 4.38. The number of hydrogen-bond acceptors (Lipinski definition) is 2. The summed E-state index contributed by atoms with van der Waals surface area (Å²) in [4.78, 5) is 0.337. The summed E-state index contributed by atoms with van der Waals surface area (Å²) in [5, 5.41) is 0. The number of aryl methyl sites for hydroxylation is 2. The molecular weight excluding hydrogens is 322 g/mol. The van der Waals surface area contributed by atoms with Crippen molar-refractivity contribution in [3.8, 4) is 11.5 Å². The monoisotopic (exact) mass is 335 g/mol. The fourth-order valence-electron chi connectivity index (χ4n) is 1.73. The van der Waals surface area contributed by atoms with Gasteiger partial charge in [0.2, 0.25) is 0 Å². The molecule has 0 atom stereocenters. The third-order valence-corrected chi connectivity index (χ3v) is 3.87. The van der Waals surface area contributed by atoms with Crippen LogP contribution in [0.1, 0.15) is 16.7 Å². The molecule has 0 aromatic heterocycles. The lowest BCUT2D eigenvalue weighted by molar-refractivity contribution is 0.481. The Labute approximate surface area is 126 Å². The Morgan fingerprint density at radius 2 is 1.89 bits per heavy atom. The molecule has 2 rings (SSSR count). The summed E-state index contributed by atoms with van der Waals surface area (Å²) < 4.78 is 6.95. The number of benzene rings is 2. The number of ether oxygens (including phenoxy) is 1. The van der Waals surface area contributed by atoms with Crippen LogP contribution in [-0.2, 0) is 0 Å². The van der Waals surface area contributed by atoms with E-state index in [2.05, 4.69) is 15.9 Å². The highest BCUT2D eigenvalue weighted by molar-refractivity contribution is 9.10. The molecule has 0 saturated carbocycles. The highest BCUT2D eigenvalue weighted by Gasteiger charge is 2.08. The first-order valence-electron chi connectivity index (χ1n) is 5.82. The van der Waals surface area contributed by atoms with Crippen LogP contribution in [0, 0.1) is 13.8 Å². The molecule has 0 saturated heterocycles. The average Bonchev–Trinajstić information content (AvgIpc) is 2.33. The van der Waals surface area contributed by atoms with E-state index in [-0.39, 0.29) is 0 Å². The van der Waals surface area contributed by atoms with Gasteiger partial charge in [0.1, 0.15) is 16.5 Å². The number of hydrogen-bond donors (Lipinski definition) is 1. The van der Waals surface area contributed by atoms with Crippen molar-refractivity contribution in [2.75, 3.05) is 0 Å². The molecule has 0 amide bonds. The molecule has 19 heavy (non-hydrogen) atoms. The van der Waals surface area contributed by atoms with Gasteiger partial charge in [-0.25, -0.2) is 0 Å². The predicted molar refractivity (Wildman–Crippen MR) is 86.0 cm³/mol. The zero-order chi connectivity index (χ0) is 14.0. The van der Waals surface area contributed by atoms with Gasteiger partial charge in [0.25, 0.3) is 0 Å². The second kappa shape index (κ2) is 5.72. The Kier molecular flexibility index (Phi) is 4.22. The van der Waals surface area contributed by atoms with Crippen molar-refractivity contribution in [3.05, 3.63) is 57.6 Å². The predicted octanol–water partition coefficient (Wildman–Crippen LogP) is 4.49. The van der Waals surface area contributed by atoms with E-state index in [1.165, 1.54) is 0 Å². The lowest BCUT2D eigenvalue weighted by Crippen LogP contribution is -2.10. The molecule has 0 aliphatic heterocycles. The van der Waals surface area contributed by atoms with Crippen molar-refractivity contribution in [2.24, 2.45) is 5.73 Å². The van der Waals surface area contributed by atoms with Crippen LogP contribution in [-0.4, -0.2) is 4.99 Å². The van der Waals surface area contributed by atoms with Crippen molar-refractivity contribution in [2.45, 2.75) is 13.8 Å². The van der Waals surface area contributed by atoms with E-state index in [0.717, 1.165) is 26.9 Å². The maximum absolute atomic E-state index is 5.90. The minimum absolute atomic E-state index is 0.337. The van der Waals surface area contributed by atoms with Crippen LogP contribution in [0.2, 0.25) is 0 Å². The molecule has 2 nitrogen and oxygen atoms in total. The summed E-state index contributed by atoms with van der Waals surface area (Å²) in [6.45, 7) is 4.02. The van der Waals surface area contributed by atoms with Crippen molar-refractivity contribution in [1.82, 2.24) is 0 Å². The molecule has 0 unspecified atom stereocenters. The van der Waals surface area contributed by atoms with Gasteiger partial charge in [-0.2, -0.15) is 0 Å². The molecule has 0 bridgehead atoms. The van der Waals surface area contributed by atoms with E-state index in [1.54, 1.807) is 0 Å². The quantitative estimate of drug-likeness (QED) is 0.839. The van der Waals surface area contributed by atoms with Gasteiger partial charge in [0, 0.05) is 4.47 Å². The standard InChI is InChI=1S/C15H14BrNOS/c1-9-3-5-12(15(17)19)14(7-9)18-11-4-6-13(16)10(2)8-11/h3-8H,1-2H3,(H2,17,19). The van der Waals surface area contributed by atoms with Crippen molar-refractivity contribution in [1.29, 1.82) is 0 Å². The zero-order valence-electron chi connectivity index (χ0n) is 10.7. The van der Waals surface area contributed by atoms with Crippen LogP contribution >= 0.6 is 28.1 Å². The van der Waals surface area contributed by atoms with Crippen LogP contribution in [0.4, 0.5) is 0 Å². The average molecular weight is 336 g/mol. The topological polar surface area (TPSA) is 35.2 Å². The Morgan fingerprint density at radius 3 is 2.53 bits per heavy atom. The molecule has 2 aromatic rings. The minimum atomic E-state index is 0.337. The minimum Gasteiger partial charge on any atom is -0.457 e. The number of thiocarbonyl (C=S) groups is 1. The van der Waals surface area contributed by atoms with Gasteiger partial charge >= 0.3 is 0 Å². The van der Waals surface area contributed by atoms with Crippen LogP contribution in [0.15, 0.2) is 40.9 Å². The third kappa shape index (κ3) is 3.33. The normalized spacial score (nSPS) is 10.3. The van der Waals surface area contributed by atoms with Crippen LogP contribution in [0.5, 0.6) is 11.5 Å². The first kappa shape index (κ1) is 14.0. The Balaban J connectivity index is 2.39. The summed E-state index contributed by atoms with van der Waals surface area (Å²) in [6.07, 6.45) is 0. The summed E-state index contributed by atoms with van der Waals surface area (Å²) in [7, 11) is 0. The van der Waals surface area contributed by atoms with Crippen molar-refractivity contribution in [3.63, 3.8) is 0 Å². The third-order valence-electron chi connectivity index (χ3n) is 2.76. The van der Waals surface area contributed by atoms with E-state index in [9.17, 15) is 0 Å². The molecule has 0 aliphatic rings. The van der Waals surface area contributed by atoms with Gasteiger partial charge in [-0.1, -0.05) is 34.2 Å². The maximum atomic E-state index is 5.90. The fourth-order valence-corrected chi connectivity index (χ4v) is 2.14. The molecule has 0 heterocycles. The number of rotatable bonds is 3. The zero-order valence-corrected chi connectivity index (χ0v) is 13.1. The Bertz CT molecular complexity index is 640. The Hall–Kier alpha value is -1.39. The molecule has 0 radical (unpaired) electrons. The highest BCUT2D eigenvalue weighted by Crippen LogP contribution is 2.29. The van der Waals surface area contributed by atoms with E-state index in [1.807, 2.05) is 50.2 Å². The smallest absolute Gasteiger partial charge is 0.137 e. The van der Waals surface area contributed by atoms with Gasteiger partial charge < -0.3 is 10.5 Å². The lowest BCUT2D eigenvalue weighted by atomic mass is 10.1. The second-order valence-corrected chi connectivity index (χ2v) is 5.67. The molecular formula is C15H14BrNOS. The first-order chi connectivity index (χ1) is 8.97. The van der Waals surface area contributed by atoms with Crippen LogP contribution < -0.4 is 10.5 Å². The van der Waals surface area contributed by atoms with Gasteiger partial charge in [0.05, 0.1) is 5.56 Å². The summed E-state index contributed by atoms with van der Waals surface area (Å²) in [5.41, 5.74) is 8.68. The van der Waals surface area contributed by atoms with Crippen molar-refractivity contribution < 1.29 is 4.74 Å². The van der Waals surface area contributed by atoms with Gasteiger partial charge in [0.15, 0.2) is 0 Å². The van der Waals surface area contributed by atoms with Crippen LogP contribution in [0.3, 0.4) is 0 Å². The van der Waals surface area contributed by atoms with Crippen LogP contribution in [0.25, 0.3) is 0 Å². The van der Waals surface area contributed by atoms with Gasteiger partial charge in [-0.15, -0.1) is 0 Å². The maximum Gasteiger partial charge on any atom is 0.137 e. The fraction of sp³-hybridized carbons (Fsp3) is 0.133. The van der Waals surface area contributed by atoms with E-state index >= 15 is 0 Å². The summed E-state index contributed by atoms with van der Waals surface area (Å²) >= 11 is 8.51. The molecule has 0 aliphatic carbocycles. The molecule has 0 fully saturated rings. The van der Waals surface area contributed by atoms with E-state index < -0.39 is 0 Å². The van der Waals surface area contributed by atoms with Crippen molar-refractivity contribution >= 4 is 33.1 Å². The molecule has 2 aromatic carbocycles. The van der Waals surface area contributed by atoms with Gasteiger partial charge in [-0.3, -0.25) is 0 Å². The molecule has 98 valence electrons. The van der Waals surface area contributed by atoms with Gasteiger partial charge in [-0.05, 0) is 55.3 Å². The highest BCUT2D eigenvalue weighted by atomic mass is 79.9. The number of halogens is 1. The largest absolute Gasteiger partial charge is 0.457 e. The van der Waals surface area contributed by atoms with E-state index in [4.69, 9.17) is 22.7 Å². The SMILES string of the molecule is Cc1ccc(C(N)=S)c(Oc2ccc(Br)c(C)c2)c1. The lowest BCUT2D eigenvalue weighted by Gasteiger charge is -2.12. The summed E-state index contributed by atoms with van der Waals surface area (Å²) in [5.74, 6) is 1.46. The van der Waals surface area contributed by atoms with E-state index in [0.29, 0.717) is 10.7 Å². The molecule has 4 heteroatoms.